The van der Waals surface area contributed by atoms with E-state index < -0.39 is 10.0 Å². The summed E-state index contributed by atoms with van der Waals surface area (Å²) in [5.41, 5.74) is 0.782. The lowest BCUT2D eigenvalue weighted by molar-refractivity contribution is -0.126. The number of ether oxygens (including phenoxy) is 1. The molecule has 1 aliphatic heterocycles. The van der Waals surface area contributed by atoms with E-state index in [2.05, 4.69) is 26.1 Å². The first-order valence-corrected chi connectivity index (χ1v) is 11.0. The third-order valence-corrected chi connectivity index (χ3v) is 6.49. The average Bonchev–Trinajstić information content (AvgIpc) is 2.61. The molecular weight excluding hydrogens is 364 g/mol. The van der Waals surface area contributed by atoms with Crippen LogP contribution in [0.5, 0.6) is 5.75 Å². The Bertz CT molecular complexity index is 769. The largest absolute Gasteiger partial charge is 0.494 e. The van der Waals surface area contributed by atoms with Crippen molar-refractivity contribution in [3.63, 3.8) is 0 Å². The zero-order chi connectivity index (χ0) is 20.2. The maximum atomic E-state index is 13.0. The Balaban J connectivity index is 2.12. The number of hydrogen-bond donors (Lipinski definition) is 1. The Hall–Kier alpha value is -1.60. The molecule has 0 unspecified atom stereocenters. The molecule has 7 heteroatoms. The Morgan fingerprint density at radius 2 is 2.04 bits per heavy atom. The van der Waals surface area contributed by atoms with Crippen molar-refractivity contribution in [1.29, 1.82) is 0 Å². The first kappa shape index (κ1) is 21.7. The molecule has 1 heterocycles. The number of nitrogens with one attached hydrogen (secondary N) is 1. The molecule has 27 heavy (non-hydrogen) atoms. The fourth-order valence-corrected chi connectivity index (χ4v) is 4.73. The van der Waals surface area contributed by atoms with Crippen LogP contribution in [0.2, 0.25) is 0 Å². The average molecular weight is 397 g/mol. The van der Waals surface area contributed by atoms with Gasteiger partial charge in [0.2, 0.25) is 15.9 Å². The van der Waals surface area contributed by atoms with Crippen LogP contribution in [-0.4, -0.2) is 44.9 Å². The highest BCUT2D eigenvalue weighted by Crippen LogP contribution is 2.27. The Labute approximate surface area is 163 Å². The van der Waals surface area contributed by atoms with Crippen LogP contribution in [-0.2, 0) is 14.8 Å². The maximum Gasteiger partial charge on any atom is 0.243 e. The number of amides is 1. The molecule has 1 aromatic carbocycles. The fraction of sp³-hybridized carbons (Fsp3) is 0.650. The first-order valence-electron chi connectivity index (χ1n) is 9.56. The first-order chi connectivity index (χ1) is 12.5. The maximum absolute atomic E-state index is 13.0. The van der Waals surface area contributed by atoms with Crippen molar-refractivity contribution in [2.24, 2.45) is 11.3 Å². The molecule has 0 bridgehead atoms. The van der Waals surface area contributed by atoms with Gasteiger partial charge >= 0.3 is 0 Å². The fourth-order valence-electron chi connectivity index (χ4n) is 3.12. The van der Waals surface area contributed by atoms with E-state index in [4.69, 9.17) is 4.74 Å². The number of carbonyl (C=O) groups is 1. The van der Waals surface area contributed by atoms with E-state index in [1.165, 1.54) is 4.31 Å². The molecule has 1 N–H and O–H groups in total. The van der Waals surface area contributed by atoms with Gasteiger partial charge < -0.3 is 10.1 Å². The Morgan fingerprint density at radius 3 is 2.63 bits per heavy atom. The van der Waals surface area contributed by atoms with Gasteiger partial charge in [-0.05, 0) is 55.9 Å². The summed E-state index contributed by atoms with van der Waals surface area (Å²) in [4.78, 5) is 12.7. The third kappa shape index (κ3) is 5.69. The minimum atomic E-state index is -3.63. The summed E-state index contributed by atoms with van der Waals surface area (Å²) in [6, 6.07) is 4.92. The zero-order valence-electron chi connectivity index (χ0n) is 17.0. The summed E-state index contributed by atoms with van der Waals surface area (Å²) in [6.07, 6.45) is 1.40. The second-order valence-corrected chi connectivity index (χ2v) is 10.3. The van der Waals surface area contributed by atoms with Gasteiger partial charge in [-0.15, -0.1) is 0 Å². The van der Waals surface area contributed by atoms with Crippen LogP contribution in [0, 0.1) is 18.3 Å². The predicted molar refractivity (Wildman–Crippen MR) is 106 cm³/mol. The lowest BCUT2D eigenvalue weighted by Crippen LogP contribution is -2.46. The number of aryl methyl sites for hydroxylation is 1. The molecule has 152 valence electrons. The zero-order valence-corrected chi connectivity index (χ0v) is 17.9. The number of carbonyl (C=O) groups excluding carboxylic acids is 1. The molecule has 0 aliphatic carbocycles. The van der Waals surface area contributed by atoms with Crippen molar-refractivity contribution in [2.45, 2.75) is 52.4 Å². The second-order valence-electron chi connectivity index (χ2n) is 8.34. The molecule has 1 aliphatic rings. The van der Waals surface area contributed by atoms with Crippen LogP contribution < -0.4 is 10.1 Å². The van der Waals surface area contributed by atoms with E-state index in [-0.39, 0.29) is 28.7 Å². The molecule has 0 saturated carbocycles. The molecule has 6 nitrogen and oxygen atoms in total. The summed E-state index contributed by atoms with van der Waals surface area (Å²) >= 11 is 0. The van der Waals surface area contributed by atoms with Gasteiger partial charge in [0.05, 0.1) is 17.4 Å². The van der Waals surface area contributed by atoms with Crippen LogP contribution >= 0.6 is 0 Å². The minimum Gasteiger partial charge on any atom is -0.494 e. The SMILES string of the molecule is CCOc1ccc(S(=O)(=O)N2CCC[C@H](C(=O)NCC(C)(C)C)C2)cc1C. The van der Waals surface area contributed by atoms with E-state index in [1.54, 1.807) is 18.2 Å². The van der Waals surface area contributed by atoms with Gasteiger partial charge in [-0.1, -0.05) is 20.8 Å². The van der Waals surface area contributed by atoms with Crippen LogP contribution in [0.4, 0.5) is 0 Å². The van der Waals surface area contributed by atoms with Crippen molar-refractivity contribution in [1.82, 2.24) is 9.62 Å². The lowest BCUT2D eigenvalue weighted by Gasteiger charge is -2.32. The monoisotopic (exact) mass is 396 g/mol. The molecular formula is C20H32N2O4S. The van der Waals surface area contributed by atoms with E-state index in [0.717, 1.165) is 5.56 Å². The molecule has 1 amide bonds. The van der Waals surface area contributed by atoms with Crippen LogP contribution in [0.1, 0.15) is 46.1 Å². The van der Waals surface area contributed by atoms with Gasteiger partial charge in [0, 0.05) is 19.6 Å². The molecule has 0 aromatic heterocycles. The summed E-state index contributed by atoms with van der Waals surface area (Å²) in [6.45, 7) is 11.7. The van der Waals surface area contributed by atoms with Gasteiger partial charge in [0.1, 0.15) is 5.75 Å². The molecule has 1 saturated heterocycles. The lowest BCUT2D eigenvalue weighted by atomic mass is 9.95. The van der Waals surface area contributed by atoms with Crippen molar-refractivity contribution in [2.75, 3.05) is 26.2 Å². The molecule has 1 aromatic rings. The number of sulfonamides is 1. The van der Waals surface area contributed by atoms with Crippen molar-refractivity contribution >= 4 is 15.9 Å². The van der Waals surface area contributed by atoms with Crippen LogP contribution in [0.15, 0.2) is 23.1 Å². The smallest absolute Gasteiger partial charge is 0.243 e. The molecule has 1 fully saturated rings. The summed E-state index contributed by atoms with van der Waals surface area (Å²) in [5.74, 6) is 0.321. The van der Waals surface area contributed by atoms with Gasteiger partial charge in [-0.3, -0.25) is 4.79 Å². The Morgan fingerprint density at radius 1 is 1.33 bits per heavy atom. The van der Waals surface area contributed by atoms with Crippen molar-refractivity contribution in [3.8, 4) is 5.75 Å². The normalized spacial score (nSPS) is 18.9. The molecule has 0 spiro atoms. The van der Waals surface area contributed by atoms with E-state index in [9.17, 15) is 13.2 Å². The standard InChI is InChI=1S/C20H32N2O4S/c1-6-26-18-10-9-17(12-15(18)2)27(24,25)22-11-7-8-16(13-22)19(23)21-14-20(3,4)5/h9-10,12,16H,6-8,11,13-14H2,1-5H3,(H,21,23)/t16-/m0/s1. The topological polar surface area (TPSA) is 75.7 Å². The number of hydrogen-bond acceptors (Lipinski definition) is 4. The highest BCUT2D eigenvalue weighted by molar-refractivity contribution is 7.89. The van der Waals surface area contributed by atoms with Gasteiger partial charge in [0.15, 0.2) is 0 Å². The molecule has 0 radical (unpaired) electrons. The Kier molecular flexibility index (Phi) is 6.92. The third-order valence-electron chi connectivity index (χ3n) is 4.63. The number of benzene rings is 1. The minimum absolute atomic E-state index is 0.00404. The van der Waals surface area contributed by atoms with E-state index in [1.807, 2.05) is 13.8 Å². The number of piperidine rings is 1. The predicted octanol–water partition coefficient (Wildman–Crippen LogP) is 2.96. The van der Waals surface area contributed by atoms with Gasteiger partial charge in [-0.25, -0.2) is 8.42 Å². The highest BCUT2D eigenvalue weighted by atomic mass is 32.2. The molecule has 1 atom stereocenters. The second kappa shape index (κ2) is 8.61. The molecule has 2 rings (SSSR count). The summed E-state index contributed by atoms with van der Waals surface area (Å²) < 4.78 is 33.0. The number of rotatable bonds is 6. The number of nitrogens with zero attached hydrogens (tertiary/aromatic N) is 1. The van der Waals surface area contributed by atoms with Gasteiger partial charge in [0.25, 0.3) is 0 Å². The van der Waals surface area contributed by atoms with Crippen LogP contribution in [0.3, 0.4) is 0 Å². The van der Waals surface area contributed by atoms with Crippen molar-refractivity contribution < 1.29 is 17.9 Å². The van der Waals surface area contributed by atoms with E-state index >= 15 is 0 Å². The highest BCUT2D eigenvalue weighted by Gasteiger charge is 2.33. The van der Waals surface area contributed by atoms with Crippen LogP contribution in [0.25, 0.3) is 0 Å². The van der Waals surface area contributed by atoms with Gasteiger partial charge in [-0.2, -0.15) is 4.31 Å². The summed E-state index contributed by atoms with van der Waals surface area (Å²) in [7, 11) is -3.63. The van der Waals surface area contributed by atoms with Crippen molar-refractivity contribution in [3.05, 3.63) is 23.8 Å². The summed E-state index contributed by atoms with van der Waals surface area (Å²) in [5, 5.41) is 2.96. The van der Waals surface area contributed by atoms with E-state index in [0.29, 0.717) is 38.3 Å². The quantitative estimate of drug-likeness (QED) is 0.802.